The Hall–Kier alpha value is -1.28. The van der Waals surface area contributed by atoms with E-state index in [4.69, 9.17) is 0 Å². The topological polar surface area (TPSA) is 17.0 Å². The molecule has 2 heteroatoms. The monoisotopic (exact) mass is 286 g/mol. The first-order valence-electron chi connectivity index (χ1n) is 8.53. The van der Waals surface area contributed by atoms with Gasteiger partial charge >= 0.3 is 0 Å². The van der Waals surface area contributed by atoms with Crippen LogP contribution in [0.4, 0.5) is 0 Å². The van der Waals surface area contributed by atoms with Gasteiger partial charge in [-0.3, -0.25) is 0 Å². The maximum Gasteiger partial charge on any atom is 0.0483 e. The van der Waals surface area contributed by atoms with Crippen molar-refractivity contribution in [1.29, 1.82) is 0 Å². The molecular weight excluding hydrogens is 256 g/mol. The van der Waals surface area contributed by atoms with Gasteiger partial charge in [0.05, 0.1) is 0 Å². The molecular formula is C19H30N2. The Morgan fingerprint density at radius 3 is 2.67 bits per heavy atom. The molecule has 0 spiro atoms. The summed E-state index contributed by atoms with van der Waals surface area (Å²) in [6.45, 7) is 10.2. The maximum atomic E-state index is 3.51. The molecule has 116 valence electrons. The van der Waals surface area contributed by atoms with Gasteiger partial charge in [-0.05, 0) is 49.9 Å². The first-order valence-corrected chi connectivity index (χ1v) is 8.53. The molecule has 1 unspecified atom stereocenters. The van der Waals surface area contributed by atoms with Crippen LogP contribution in [0.15, 0.2) is 30.5 Å². The predicted molar refractivity (Wildman–Crippen MR) is 92.9 cm³/mol. The Morgan fingerprint density at radius 2 is 1.90 bits per heavy atom. The van der Waals surface area contributed by atoms with Gasteiger partial charge in [-0.1, -0.05) is 45.4 Å². The van der Waals surface area contributed by atoms with Crippen LogP contribution in [0.1, 0.15) is 45.6 Å². The predicted octanol–water partition coefficient (Wildman–Crippen LogP) is 4.62. The van der Waals surface area contributed by atoms with Crippen LogP contribution >= 0.6 is 0 Å². The van der Waals surface area contributed by atoms with Crippen molar-refractivity contribution in [1.82, 2.24) is 9.88 Å². The number of para-hydroxylation sites is 1. The van der Waals surface area contributed by atoms with E-state index in [-0.39, 0.29) is 0 Å². The third kappa shape index (κ3) is 4.34. The molecule has 1 heterocycles. The molecule has 2 aromatic rings. The first kappa shape index (κ1) is 16.1. The van der Waals surface area contributed by atoms with Crippen molar-refractivity contribution < 1.29 is 0 Å². The average molecular weight is 286 g/mol. The van der Waals surface area contributed by atoms with E-state index in [1.54, 1.807) is 0 Å². The summed E-state index contributed by atoms with van der Waals surface area (Å²) in [5.74, 6) is 0.747. The van der Waals surface area contributed by atoms with Crippen molar-refractivity contribution in [3.05, 3.63) is 36.0 Å². The highest BCUT2D eigenvalue weighted by Crippen LogP contribution is 2.23. The molecule has 0 aliphatic rings. The van der Waals surface area contributed by atoms with E-state index in [9.17, 15) is 0 Å². The number of fused-ring (bicyclic) bond motifs is 1. The second-order valence-corrected chi connectivity index (χ2v) is 6.22. The smallest absolute Gasteiger partial charge is 0.0483 e. The van der Waals surface area contributed by atoms with Crippen molar-refractivity contribution >= 4 is 10.9 Å². The van der Waals surface area contributed by atoms with Crippen LogP contribution in [-0.2, 0) is 13.0 Å². The Labute approximate surface area is 129 Å². The lowest BCUT2D eigenvalue weighted by atomic mass is 10.1. The summed E-state index contributed by atoms with van der Waals surface area (Å²) in [5, 5.41) is 4.94. The molecule has 1 aromatic carbocycles. The summed E-state index contributed by atoms with van der Waals surface area (Å²) in [7, 11) is 0. The number of hydrogen-bond acceptors (Lipinski definition) is 1. The van der Waals surface area contributed by atoms with Crippen LogP contribution in [0, 0.1) is 5.92 Å². The fraction of sp³-hybridized carbons (Fsp3) is 0.579. The number of nitrogens with one attached hydrogen (secondary N) is 1. The van der Waals surface area contributed by atoms with E-state index in [0.717, 1.165) is 32.0 Å². The Morgan fingerprint density at radius 1 is 1.10 bits per heavy atom. The van der Waals surface area contributed by atoms with Crippen LogP contribution < -0.4 is 5.32 Å². The molecule has 21 heavy (non-hydrogen) atoms. The number of hydrogen-bond donors (Lipinski definition) is 1. The van der Waals surface area contributed by atoms with Gasteiger partial charge in [0.1, 0.15) is 0 Å². The van der Waals surface area contributed by atoms with Crippen LogP contribution in [0.3, 0.4) is 0 Å². The van der Waals surface area contributed by atoms with Gasteiger partial charge in [0, 0.05) is 23.6 Å². The van der Waals surface area contributed by atoms with Crippen LogP contribution in [0.5, 0.6) is 0 Å². The number of rotatable bonds is 9. The molecule has 0 radical (unpaired) electrons. The summed E-state index contributed by atoms with van der Waals surface area (Å²) in [4.78, 5) is 0. The minimum absolute atomic E-state index is 0.747. The van der Waals surface area contributed by atoms with Crippen LogP contribution in [-0.4, -0.2) is 17.7 Å². The van der Waals surface area contributed by atoms with Gasteiger partial charge in [0.25, 0.3) is 0 Å². The zero-order valence-electron chi connectivity index (χ0n) is 13.9. The molecule has 0 bridgehead atoms. The summed E-state index contributed by atoms with van der Waals surface area (Å²) in [6, 6.07) is 8.84. The van der Waals surface area contributed by atoms with E-state index < -0.39 is 0 Å². The van der Waals surface area contributed by atoms with E-state index in [2.05, 4.69) is 61.1 Å². The van der Waals surface area contributed by atoms with Gasteiger partial charge in [0.2, 0.25) is 0 Å². The van der Waals surface area contributed by atoms with Gasteiger partial charge in [-0.2, -0.15) is 0 Å². The lowest BCUT2D eigenvalue weighted by Gasteiger charge is -2.12. The quantitative estimate of drug-likeness (QED) is 0.666. The number of nitrogens with zero attached hydrogens (tertiary/aromatic N) is 1. The zero-order chi connectivity index (χ0) is 15.1. The third-order valence-corrected chi connectivity index (χ3v) is 4.16. The van der Waals surface area contributed by atoms with E-state index in [1.807, 2.05) is 0 Å². The van der Waals surface area contributed by atoms with Crippen LogP contribution in [0.25, 0.3) is 10.9 Å². The molecule has 0 fully saturated rings. The fourth-order valence-corrected chi connectivity index (χ4v) is 3.12. The van der Waals surface area contributed by atoms with Gasteiger partial charge in [-0.25, -0.2) is 0 Å². The highest BCUT2D eigenvalue weighted by atomic mass is 15.0. The molecule has 0 aliphatic carbocycles. The maximum absolute atomic E-state index is 3.51. The van der Waals surface area contributed by atoms with E-state index in [1.165, 1.54) is 35.7 Å². The average Bonchev–Trinajstić information content (AvgIpc) is 2.82. The van der Waals surface area contributed by atoms with Crippen molar-refractivity contribution in [3.8, 4) is 0 Å². The molecule has 2 nitrogen and oxygen atoms in total. The molecule has 1 aromatic heterocycles. The van der Waals surface area contributed by atoms with Gasteiger partial charge < -0.3 is 9.88 Å². The highest BCUT2D eigenvalue weighted by molar-refractivity contribution is 5.84. The van der Waals surface area contributed by atoms with Gasteiger partial charge in [0.15, 0.2) is 0 Å². The zero-order valence-corrected chi connectivity index (χ0v) is 13.9. The largest absolute Gasteiger partial charge is 0.347 e. The number of aromatic nitrogens is 1. The highest BCUT2D eigenvalue weighted by Gasteiger charge is 2.10. The molecule has 1 atom stereocenters. The lowest BCUT2D eigenvalue weighted by molar-refractivity contribution is 0.453. The second-order valence-electron chi connectivity index (χ2n) is 6.22. The standard InChI is InChI=1S/C19H30N2/c1-4-8-16(3)14-21-15-17(11-13-20-12-5-2)18-9-6-7-10-19(18)21/h6-7,9-10,15-16,20H,4-5,8,11-14H2,1-3H3. The lowest BCUT2D eigenvalue weighted by Crippen LogP contribution is -2.17. The number of benzene rings is 1. The minimum Gasteiger partial charge on any atom is -0.347 e. The molecule has 2 rings (SSSR count). The van der Waals surface area contributed by atoms with Crippen molar-refractivity contribution in [3.63, 3.8) is 0 Å². The normalized spacial score (nSPS) is 12.9. The molecule has 0 aliphatic heterocycles. The van der Waals surface area contributed by atoms with Crippen LogP contribution in [0.2, 0.25) is 0 Å². The summed E-state index contributed by atoms with van der Waals surface area (Å²) in [5.41, 5.74) is 2.88. The second kappa shape index (κ2) is 8.23. The molecule has 1 N–H and O–H groups in total. The molecule has 0 saturated carbocycles. The Balaban J connectivity index is 2.14. The summed E-state index contributed by atoms with van der Waals surface area (Å²) < 4.78 is 2.46. The Bertz CT molecular complexity index is 541. The van der Waals surface area contributed by atoms with Crippen molar-refractivity contribution in [2.24, 2.45) is 5.92 Å². The fourth-order valence-electron chi connectivity index (χ4n) is 3.12. The van der Waals surface area contributed by atoms with Crippen molar-refractivity contribution in [2.45, 2.75) is 53.0 Å². The van der Waals surface area contributed by atoms with E-state index >= 15 is 0 Å². The Kier molecular flexibility index (Phi) is 6.31. The minimum atomic E-state index is 0.747. The van der Waals surface area contributed by atoms with E-state index in [0.29, 0.717) is 0 Å². The summed E-state index contributed by atoms with van der Waals surface area (Å²) in [6.07, 6.45) is 7.28. The first-order chi connectivity index (χ1) is 10.3. The van der Waals surface area contributed by atoms with Crippen molar-refractivity contribution in [2.75, 3.05) is 13.1 Å². The summed E-state index contributed by atoms with van der Waals surface area (Å²) >= 11 is 0. The SMILES string of the molecule is CCCNCCc1cn(CC(C)CCC)c2ccccc12. The molecule has 0 saturated heterocycles. The third-order valence-electron chi connectivity index (χ3n) is 4.16. The van der Waals surface area contributed by atoms with Gasteiger partial charge in [-0.15, -0.1) is 0 Å². The molecule has 0 amide bonds.